The molecule has 2 N–H and O–H groups in total. The van der Waals surface area contributed by atoms with Crippen LogP contribution in [0.2, 0.25) is 0 Å². The number of nitrogens with zero attached hydrogens (tertiary/aromatic N) is 3. The van der Waals surface area contributed by atoms with E-state index < -0.39 is 44.7 Å². The van der Waals surface area contributed by atoms with Crippen LogP contribution in [-0.2, 0) is 16.3 Å². The fourth-order valence-corrected chi connectivity index (χ4v) is 4.56. The van der Waals surface area contributed by atoms with Gasteiger partial charge < -0.3 is 14.6 Å². The number of hydrogen-bond acceptors (Lipinski definition) is 7. The number of rotatable bonds is 5. The summed E-state index contributed by atoms with van der Waals surface area (Å²) in [5.41, 5.74) is -7.41. The number of aromatic nitrogens is 2. The molecule has 2 aromatic carbocycles. The van der Waals surface area contributed by atoms with Crippen molar-refractivity contribution < 1.29 is 44.0 Å². The number of anilines is 1. The van der Waals surface area contributed by atoms with Crippen LogP contribution in [0.3, 0.4) is 0 Å². The van der Waals surface area contributed by atoms with Crippen LogP contribution in [-0.4, -0.2) is 41.0 Å². The van der Waals surface area contributed by atoms with Crippen molar-refractivity contribution in [3.8, 4) is 17.5 Å². The van der Waals surface area contributed by atoms with E-state index in [0.29, 0.717) is 31.7 Å². The molecule has 0 atom stereocenters. The summed E-state index contributed by atoms with van der Waals surface area (Å²) in [5.74, 6) is -1.19. The minimum absolute atomic E-state index is 0.0219. The third-order valence-corrected chi connectivity index (χ3v) is 6.81. The molecule has 1 aromatic heterocycles. The molecule has 4 rings (SSSR count). The average Bonchev–Trinajstić information content (AvgIpc) is 3.21. The maximum Gasteiger partial charge on any atom is 0.534 e. The van der Waals surface area contributed by atoms with Crippen LogP contribution in [0.25, 0.3) is 16.6 Å². The van der Waals surface area contributed by atoms with E-state index in [0.717, 1.165) is 16.8 Å². The van der Waals surface area contributed by atoms with Gasteiger partial charge in [-0.3, -0.25) is 0 Å². The highest BCUT2D eigenvalue weighted by atomic mass is 32.2. The van der Waals surface area contributed by atoms with Gasteiger partial charge in [0.15, 0.2) is 11.4 Å². The largest absolute Gasteiger partial charge is 0.534 e. The minimum atomic E-state index is -6.26. The predicted octanol–water partition coefficient (Wildman–Crippen LogP) is 4.86. The Morgan fingerprint density at radius 3 is 2.35 bits per heavy atom. The number of alkyl halides is 6. The normalized spacial score (nSPS) is 19.0. The molecule has 198 valence electrons. The predicted molar refractivity (Wildman–Crippen MR) is 118 cm³/mol. The molecule has 0 amide bonds. The molecule has 0 unspecified atom stereocenters. The topological polar surface area (TPSA) is 117 Å². The number of benzene rings is 2. The summed E-state index contributed by atoms with van der Waals surface area (Å²) in [5, 5.41) is 24.9. The van der Waals surface area contributed by atoms with E-state index in [2.05, 4.69) is 14.6 Å². The zero-order valence-electron chi connectivity index (χ0n) is 18.6. The van der Waals surface area contributed by atoms with Gasteiger partial charge in [-0.1, -0.05) is 6.07 Å². The van der Waals surface area contributed by atoms with Gasteiger partial charge in [0.05, 0.1) is 33.9 Å². The first kappa shape index (κ1) is 26.6. The second kappa shape index (κ2) is 9.42. The zero-order valence-corrected chi connectivity index (χ0v) is 19.5. The second-order valence-corrected chi connectivity index (χ2v) is 9.92. The van der Waals surface area contributed by atoms with Gasteiger partial charge in [-0.2, -0.15) is 45.1 Å². The van der Waals surface area contributed by atoms with Gasteiger partial charge in [-0.25, -0.2) is 4.68 Å². The summed E-state index contributed by atoms with van der Waals surface area (Å²) in [6, 6.07) is 8.65. The molecule has 37 heavy (non-hydrogen) atoms. The van der Waals surface area contributed by atoms with Crippen LogP contribution in [0, 0.1) is 11.3 Å². The molecule has 0 spiro atoms. The molecule has 1 heterocycles. The molecule has 3 aromatic rings. The highest BCUT2D eigenvalue weighted by Gasteiger charge is 2.49. The van der Waals surface area contributed by atoms with Crippen molar-refractivity contribution in [2.24, 2.45) is 0 Å². The SMILES string of the molecule is N#Cc1ccc(-n2nc(C(F)(F)F)c3c(OS(=O)(=O)C(F)(F)F)cccc32)cc1NC1CCC(O)CC1. The van der Waals surface area contributed by atoms with Crippen LogP contribution in [0.15, 0.2) is 36.4 Å². The van der Waals surface area contributed by atoms with E-state index >= 15 is 0 Å². The zero-order chi connectivity index (χ0) is 27.2. The van der Waals surface area contributed by atoms with Crippen LogP contribution in [0.1, 0.15) is 36.9 Å². The molecular formula is C22H18F6N4O4S. The van der Waals surface area contributed by atoms with Gasteiger partial charge in [0.1, 0.15) is 6.07 Å². The van der Waals surface area contributed by atoms with E-state index in [4.69, 9.17) is 0 Å². The third-order valence-electron chi connectivity index (χ3n) is 5.85. The summed E-state index contributed by atoms with van der Waals surface area (Å²) in [6.07, 6.45) is -3.38. The third kappa shape index (κ3) is 5.30. The molecule has 1 fully saturated rings. The Kier molecular flexibility index (Phi) is 6.76. The number of hydrogen-bond donors (Lipinski definition) is 2. The second-order valence-electron chi connectivity index (χ2n) is 8.38. The van der Waals surface area contributed by atoms with Crippen molar-refractivity contribution in [3.63, 3.8) is 0 Å². The van der Waals surface area contributed by atoms with Crippen LogP contribution in [0.5, 0.6) is 5.75 Å². The molecule has 15 heteroatoms. The van der Waals surface area contributed by atoms with Crippen molar-refractivity contribution >= 4 is 26.7 Å². The maximum absolute atomic E-state index is 13.9. The van der Waals surface area contributed by atoms with E-state index in [1.54, 1.807) is 0 Å². The van der Waals surface area contributed by atoms with Crippen molar-refractivity contribution in [1.29, 1.82) is 5.26 Å². The Labute approximate surface area is 206 Å². The molecule has 0 aliphatic heterocycles. The fraction of sp³-hybridized carbons (Fsp3) is 0.364. The lowest BCUT2D eigenvalue weighted by molar-refractivity contribution is -0.140. The number of nitrogens with one attached hydrogen (secondary N) is 1. The van der Waals surface area contributed by atoms with Crippen LogP contribution in [0.4, 0.5) is 32.0 Å². The molecule has 0 bridgehead atoms. The molecule has 8 nitrogen and oxygen atoms in total. The van der Waals surface area contributed by atoms with Gasteiger partial charge in [-0.15, -0.1) is 0 Å². The highest BCUT2D eigenvalue weighted by molar-refractivity contribution is 7.88. The smallest absolute Gasteiger partial charge is 0.393 e. The van der Waals surface area contributed by atoms with Crippen molar-refractivity contribution in [2.45, 2.75) is 49.5 Å². The van der Waals surface area contributed by atoms with Crippen molar-refractivity contribution in [3.05, 3.63) is 47.7 Å². The summed E-state index contributed by atoms with van der Waals surface area (Å²) >= 11 is 0. The average molecular weight is 548 g/mol. The van der Waals surface area contributed by atoms with Crippen molar-refractivity contribution in [1.82, 2.24) is 9.78 Å². The number of aliphatic hydroxyl groups is 1. The van der Waals surface area contributed by atoms with Crippen LogP contribution >= 0.6 is 0 Å². The summed E-state index contributed by atoms with van der Waals surface area (Å²) < 4.78 is 108. The molecule has 1 aliphatic carbocycles. The molecule has 0 radical (unpaired) electrons. The van der Waals surface area contributed by atoms with E-state index in [-0.39, 0.29) is 28.5 Å². The summed E-state index contributed by atoms with van der Waals surface area (Å²) in [4.78, 5) is 0. The van der Waals surface area contributed by atoms with E-state index in [1.165, 1.54) is 18.2 Å². The first-order valence-electron chi connectivity index (χ1n) is 10.8. The quantitative estimate of drug-likeness (QED) is 0.266. The van der Waals surface area contributed by atoms with Gasteiger partial charge in [0.25, 0.3) is 0 Å². The Bertz CT molecular complexity index is 1470. The van der Waals surface area contributed by atoms with Gasteiger partial charge in [-0.05, 0) is 56.0 Å². The monoisotopic (exact) mass is 548 g/mol. The molecule has 1 aliphatic rings. The lowest BCUT2D eigenvalue weighted by Crippen LogP contribution is -2.28. The minimum Gasteiger partial charge on any atom is -0.393 e. The number of fused-ring (bicyclic) bond motifs is 1. The first-order valence-corrected chi connectivity index (χ1v) is 12.2. The van der Waals surface area contributed by atoms with Gasteiger partial charge in [0.2, 0.25) is 0 Å². The summed E-state index contributed by atoms with van der Waals surface area (Å²) in [6.45, 7) is 0. The standard InChI is InChI=1S/C22H18F6N4O4S/c23-21(24,25)20-19-17(2-1-3-18(19)36-37(34,35)22(26,27)28)32(31-20)14-7-4-12(11-29)16(10-14)30-13-5-8-15(33)9-6-13/h1-4,7,10,13,15,30,33H,5-6,8-9H2. The number of nitriles is 1. The Balaban J connectivity index is 1.84. The van der Waals surface area contributed by atoms with Gasteiger partial charge >= 0.3 is 21.8 Å². The first-order chi connectivity index (χ1) is 17.2. The molecule has 1 saturated carbocycles. The Morgan fingerprint density at radius 1 is 1.08 bits per heavy atom. The Morgan fingerprint density at radius 2 is 1.76 bits per heavy atom. The fourth-order valence-electron chi connectivity index (χ4n) is 4.09. The van der Waals surface area contributed by atoms with E-state index in [9.17, 15) is 45.1 Å². The van der Waals surface area contributed by atoms with Crippen LogP contribution < -0.4 is 9.50 Å². The van der Waals surface area contributed by atoms with Crippen molar-refractivity contribution in [2.75, 3.05) is 5.32 Å². The lowest BCUT2D eigenvalue weighted by Gasteiger charge is -2.27. The van der Waals surface area contributed by atoms with E-state index in [1.807, 2.05) is 6.07 Å². The Hall–Kier alpha value is -3.51. The summed E-state index contributed by atoms with van der Waals surface area (Å²) in [7, 11) is -6.26. The number of aliphatic hydroxyl groups excluding tert-OH is 1. The maximum atomic E-state index is 13.9. The highest BCUT2D eigenvalue weighted by Crippen LogP contribution is 2.41. The molecule has 0 saturated heterocycles. The number of halogens is 6. The molecular weight excluding hydrogens is 530 g/mol. The van der Waals surface area contributed by atoms with Gasteiger partial charge in [0, 0.05) is 6.04 Å². The lowest BCUT2D eigenvalue weighted by atomic mass is 9.93.